The summed E-state index contributed by atoms with van der Waals surface area (Å²) in [6.45, 7) is 2.90. The van der Waals surface area contributed by atoms with Gasteiger partial charge in [0.2, 0.25) is 16.1 Å². The van der Waals surface area contributed by atoms with Crippen molar-refractivity contribution in [2.45, 2.75) is 49.5 Å². The zero-order valence-corrected chi connectivity index (χ0v) is 20.1. The minimum atomic E-state index is -3.63. The first-order chi connectivity index (χ1) is 16.5. The van der Waals surface area contributed by atoms with Crippen LogP contribution in [-0.2, 0) is 14.8 Å². The van der Waals surface area contributed by atoms with E-state index in [-0.39, 0.29) is 17.4 Å². The Hall–Kier alpha value is -2.78. The Kier molecular flexibility index (Phi) is 6.65. The smallest absolute Gasteiger partial charge is 0.269 e. The van der Waals surface area contributed by atoms with Crippen molar-refractivity contribution in [2.24, 2.45) is 0 Å². The normalized spacial score (nSPS) is 21.2. The topological polar surface area (TPSA) is 88.2 Å². The summed E-state index contributed by atoms with van der Waals surface area (Å²) in [4.78, 5) is 15.6. The lowest BCUT2D eigenvalue weighted by atomic mass is 10.1. The number of rotatable bonds is 5. The van der Waals surface area contributed by atoms with Crippen LogP contribution in [-0.4, -0.2) is 57.5 Å². The summed E-state index contributed by atoms with van der Waals surface area (Å²) in [5.74, 6) is 0.766. The van der Waals surface area contributed by atoms with Crippen LogP contribution in [0.4, 0.5) is 11.4 Å². The average molecular weight is 486 g/mol. The second kappa shape index (κ2) is 9.84. The third kappa shape index (κ3) is 4.72. The zero-order valence-electron chi connectivity index (χ0n) is 19.2. The van der Waals surface area contributed by atoms with Crippen molar-refractivity contribution >= 4 is 27.3 Å². The number of carbonyl (C=O) groups is 1. The van der Waals surface area contributed by atoms with Gasteiger partial charge in [0.05, 0.1) is 16.3 Å². The highest BCUT2D eigenvalue weighted by atomic mass is 32.2. The quantitative estimate of drug-likeness (QED) is 0.696. The Morgan fingerprint density at radius 3 is 2.29 bits per heavy atom. The van der Waals surface area contributed by atoms with E-state index in [1.807, 2.05) is 18.2 Å². The van der Waals surface area contributed by atoms with E-state index in [0.717, 1.165) is 50.9 Å². The Morgan fingerprint density at radius 1 is 0.882 bits per heavy atom. The van der Waals surface area contributed by atoms with Gasteiger partial charge in [-0.05, 0) is 62.4 Å². The van der Waals surface area contributed by atoms with E-state index >= 15 is 0 Å². The van der Waals surface area contributed by atoms with Gasteiger partial charge in [0.25, 0.3) is 5.91 Å². The Bertz CT molecular complexity index is 1140. The molecule has 34 heavy (non-hydrogen) atoms. The number of sulfonamides is 1. The van der Waals surface area contributed by atoms with Gasteiger partial charge in [-0.2, -0.15) is 4.31 Å². The van der Waals surface area contributed by atoms with Crippen molar-refractivity contribution in [1.29, 1.82) is 0 Å². The summed E-state index contributed by atoms with van der Waals surface area (Å²) in [6.07, 6.45) is 5.27. The molecule has 1 unspecified atom stereocenters. The predicted molar refractivity (Wildman–Crippen MR) is 130 cm³/mol. The third-order valence-electron chi connectivity index (χ3n) is 6.68. The molecule has 5 rings (SSSR count). The Balaban J connectivity index is 1.42. The minimum Gasteiger partial charge on any atom is -0.485 e. The lowest BCUT2D eigenvalue weighted by Gasteiger charge is -2.32. The molecule has 0 saturated carbocycles. The van der Waals surface area contributed by atoms with Crippen LogP contribution >= 0.6 is 0 Å². The number of anilines is 2. The number of carbonyl (C=O) groups excluding carboxylic acids is 1. The van der Waals surface area contributed by atoms with Gasteiger partial charge in [-0.1, -0.05) is 18.6 Å². The molecule has 0 aliphatic carbocycles. The van der Waals surface area contributed by atoms with Crippen LogP contribution in [0.15, 0.2) is 47.4 Å². The zero-order chi connectivity index (χ0) is 23.5. The Morgan fingerprint density at radius 2 is 1.56 bits per heavy atom. The fraction of sp³-hybridized carbons (Fsp3) is 0.480. The first-order valence-electron chi connectivity index (χ1n) is 12.1. The molecule has 1 N–H and O–H groups in total. The molecule has 0 radical (unpaired) electrons. The first kappa shape index (κ1) is 23.0. The maximum absolute atomic E-state index is 13.3. The molecule has 3 aliphatic heterocycles. The summed E-state index contributed by atoms with van der Waals surface area (Å²) < 4.78 is 39.7. The van der Waals surface area contributed by atoms with Crippen LogP contribution in [0.2, 0.25) is 0 Å². The van der Waals surface area contributed by atoms with Gasteiger partial charge in [-0.25, -0.2) is 8.42 Å². The van der Waals surface area contributed by atoms with Crippen molar-refractivity contribution in [2.75, 3.05) is 43.0 Å². The molecule has 1 amide bonds. The number of ether oxygens (including phenoxy) is 2. The summed E-state index contributed by atoms with van der Waals surface area (Å²) in [7, 11) is -3.63. The summed E-state index contributed by atoms with van der Waals surface area (Å²) >= 11 is 0. The standard InChI is InChI=1S/C25H31N3O5S/c29-25(24-18-32-22-9-3-4-10-23(22)33-24)26-20-17-19(34(30,31)28-15-7-2-8-16-28)11-12-21(20)27-13-5-1-6-14-27/h3-4,9-12,17,24H,1-2,5-8,13-16,18H2,(H,26,29). The molecule has 3 heterocycles. The second-order valence-corrected chi connectivity index (χ2v) is 11.0. The van der Waals surface area contributed by atoms with E-state index in [0.29, 0.717) is 30.3 Å². The highest BCUT2D eigenvalue weighted by Crippen LogP contribution is 2.34. The maximum Gasteiger partial charge on any atom is 0.269 e. The molecular formula is C25H31N3O5S. The largest absolute Gasteiger partial charge is 0.485 e. The molecule has 1 atom stereocenters. The van der Waals surface area contributed by atoms with E-state index in [2.05, 4.69) is 10.2 Å². The lowest BCUT2D eigenvalue weighted by molar-refractivity contribution is -0.125. The lowest BCUT2D eigenvalue weighted by Crippen LogP contribution is -2.41. The second-order valence-electron chi connectivity index (χ2n) is 9.04. The van der Waals surface area contributed by atoms with Crippen LogP contribution in [0.3, 0.4) is 0 Å². The molecule has 0 spiro atoms. The average Bonchev–Trinajstić information content (AvgIpc) is 2.89. The minimum absolute atomic E-state index is 0.0909. The third-order valence-corrected chi connectivity index (χ3v) is 8.57. The number of benzene rings is 2. The molecule has 8 nitrogen and oxygen atoms in total. The molecule has 0 bridgehead atoms. The van der Waals surface area contributed by atoms with Crippen molar-refractivity contribution in [1.82, 2.24) is 4.31 Å². The summed E-state index contributed by atoms with van der Waals surface area (Å²) in [6, 6.07) is 12.3. The van der Waals surface area contributed by atoms with Crippen molar-refractivity contribution in [3.8, 4) is 11.5 Å². The maximum atomic E-state index is 13.3. The highest BCUT2D eigenvalue weighted by molar-refractivity contribution is 7.89. The number of para-hydroxylation sites is 2. The van der Waals surface area contributed by atoms with Gasteiger partial charge < -0.3 is 19.7 Å². The van der Waals surface area contributed by atoms with Gasteiger partial charge in [0.1, 0.15) is 6.61 Å². The number of amides is 1. The van der Waals surface area contributed by atoms with Crippen LogP contribution in [0.5, 0.6) is 11.5 Å². The molecule has 182 valence electrons. The molecule has 3 aliphatic rings. The van der Waals surface area contributed by atoms with E-state index in [9.17, 15) is 13.2 Å². The van der Waals surface area contributed by atoms with Crippen LogP contribution in [0, 0.1) is 0 Å². The van der Waals surface area contributed by atoms with Gasteiger partial charge in [-0.15, -0.1) is 0 Å². The van der Waals surface area contributed by atoms with Crippen LogP contribution in [0.1, 0.15) is 38.5 Å². The molecular weight excluding hydrogens is 454 g/mol. The number of hydrogen-bond acceptors (Lipinski definition) is 6. The van der Waals surface area contributed by atoms with Gasteiger partial charge in [-0.3, -0.25) is 4.79 Å². The van der Waals surface area contributed by atoms with E-state index < -0.39 is 16.1 Å². The number of fused-ring (bicyclic) bond motifs is 1. The predicted octanol–water partition coefficient (Wildman–Crippen LogP) is 3.63. The highest BCUT2D eigenvalue weighted by Gasteiger charge is 2.30. The molecule has 2 fully saturated rings. The van der Waals surface area contributed by atoms with Crippen molar-refractivity contribution in [3.05, 3.63) is 42.5 Å². The van der Waals surface area contributed by atoms with Crippen LogP contribution in [0.25, 0.3) is 0 Å². The van der Waals surface area contributed by atoms with Gasteiger partial charge in [0.15, 0.2) is 11.5 Å². The fourth-order valence-electron chi connectivity index (χ4n) is 4.80. The monoisotopic (exact) mass is 485 g/mol. The fourth-order valence-corrected chi connectivity index (χ4v) is 6.35. The number of hydrogen-bond donors (Lipinski definition) is 1. The summed E-state index contributed by atoms with van der Waals surface area (Å²) in [5.41, 5.74) is 1.33. The van der Waals surface area contributed by atoms with E-state index in [4.69, 9.17) is 9.47 Å². The Labute approximate surface area is 200 Å². The number of nitrogens with one attached hydrogen (secondary N) is 1. The first-order valence-corrected chi connectivity index (χ1v) is 13.5. The summed E-state index contributed by atoms with van der Waals surface area (Å²) in [5, 5.41) is 2.96. The molecule has 0 aromatic heterocycles. The molecule has 9 heteroatoms. The molecule has 2 aromatic carbocycles. The van der Waals surface area contributed by atoms with Crippen molar-refractivity contribution in [3.63, 3.8) is 0 Å². The van der Waals surface area contributed by atoms with Gasteiger partial charge in [0, 0.05) is 26.2 Å². The number of nitrogens with zero attached hydrogens (tertiary/aromatic N) is 2. The van der Waals surface area contributed by atoms with Gasteiger partial charge >= 0.3 is 0 Å². The molecule has 2 aromatic rings. The van der Waals surface area contributed by atoms with Crippen LogP contribution < -0.4 is 19.7 Å². The van der Waals surface area contributed by atoms with E-state index in [1.54, 1.807) is 28.6 Å². The molecule has 2 saturated heterocycles. The van der Waals surface area contributed by atoms with E-state index in [1.165, 1.54) is 6.42 Å². The SMILES string of the molecule is O=C(Nc1cc(S(=O)(=O)N2CCCCC2)ccc1N1CCCCC1)C1COc2ccccc2O1. The number of piperidine rings is 2. The van der Waals surface area contributed by atoms with Crippen molar-refractivity contribution < 1.29 is 22.7 Å².